The molecule has 1 saturated heterocycles. The first-order valence-corrected chi connectivity index (χ1v) is 11.8. The van der Waals surface area contributed by atoms with Crippen LogP contribution in [0.5, 0.6) is 0 Å². The number of halogens is 1. The summed E-state index contributed by atoms with van der Waals surface area (Å²) in [5, 5.41) is 1.82. The van der Waals surface area contributed by atoms with Crippen molar-refractivity contribution in [3.8, 4) is 0 Å². The molecule has 0 bridgehead atoms. The Morgan fingerprint density at radius 3 is 2.26 bits per heavy atom. The molecule has 2 aromatic rings. The molecule has 3 rings (SSSR count). The standard InChI is InChI=1S/C22H29FN4O3S/c1-14(2)17-8-10-20(11-9-17)27(31(29,30)22-15(3)25-26-16(22)4)13-21(28)24-19-7-5-6-18(23)12-19/h5-12,14-16,22,25-26H,13H2,1-4H3,(H,24,28). The van der Waals surface area contributed by atoms with Gasteiger partial charge in [-0.25, -0.2) is 12.8 Å². The average molecular weight is 449 g/mol. The number of nitrogens with one attached hydrogen (secondary N) is 3. The molecular formula is C22H29FN4O3S. The van der Waals surface area contributed by atoms with Crippen molar-refractivity contribution in [1.29, 1.82) is 0 Å². The molecule has 0 aromatic heterocycles. The SMILES string of the molecule is CC(C)c1ccc(N(CC(=O)Nc2cccc(F)c2)S(=O)(=O)C2C(C)NNC2C)cc1. The summed E-state index contributed by atoms with van der Waals surface area (Å²) in [6, 6.07) is 12.0. The second kappa shape index (κ2) is 9.33. The number of carbonyl (C=O) groups excluding carboxylic acids is 1. The number of rotatable bonds is 7. The summed E-state index contributed by atoms with van der Waals surface area (Å²) in [4.78, 5) is 12.7. The molecule has 1 heterocycles. The van der Waals surface area contributed by atoms with Gasteiger partial charge in [-0.3, -0.25) is 20.0 Å². The van der Waals surface area contributed by atoms with Crippen LogP contribution < -0.4 is 20.5 Å². The summed E-state index contributed by atoms with van der Waals surface area (Å²) >= 11 is 0. The van der Waals surface area contributed by atoms with E-state index in [4.69, 9.17) is 0 Å². The van der Waals surface area contributed by atoms with Crippen LogP contribution in [0.25, 0.3) is 0 Å². The fraction of sp³-hybridized carbons (Fsp3) is 0.409. The number of amides is 1. The van der Waals surface area contributed by atoms with Crippen LogP contribution in [0, 0.1) is 5.82 Å². The molecule has 168 valence electrons. The van der Waals surface area contributed by atoms with Crippen LogP contribution in [-0.2, 0) is 14.8 Å². The molecular weight excluding hydrogens is 419 g/mol. The summed E-state index contributed by atoms with van der Waals surface area (Å²) in [6.45, 7) is 7.25. The highest BCUT2D eigenvalue weighted by molar-refractivity contribution is 7.93. The Hall–Kier alpha value is -2.49. The van der Waals surface area contributed by atoms with E-state index >= 15 is 0 Å². The van der Waals surface area contributed by atoms with Crippen molar-refractivity contribution in [2.45, 2.75) is 50.9 Å². The number of carbonyl (C=O) groups is 1. The monoisotopic (exact) mass is 448 g/mol. The van der Waals surface area contributed by atoms with Crippen molar-refractivity contribution < 1.29 is 17.6 Å². The average Bonchev–Trinajstić information content (AvgIpc) is 3.05. The van der Waals surface area contributed by atoms with Crippen LogP contribution in [0.4, 0.5) is 15.8 Å². The Kier molecular flexibility index (Phi) is 6.98. The van der Waals surface area contributed by atoms with Gasteiger partial charge in [0.15, 0.2) is 0 Å². The van der Waals surface area contributed by atoms with E-state index in [0.717, 1.165) is 9.87 Å². The number of hydrazine groups is 1. The minimum Gasteiger partial charge on any atom is -0.324 e. The zero-order chi connectivity index (χ0) is 22.8. The van der Waals surface area contributed by atoms with Crippen molar-refractivity contribution in [2.24, 2.45) is 0 Å². The summed E-state index contributed by atoms with van der Waals surface area (Å²) < 4.78 is 41.8. The number of benzene rings is 2. The number of hydrogen-bond donors (Lipinski definition) is 3. The molecule has 0 radical (unpaired) electrons. The Balaban J connectivity index is 1.93. The predicted octanol–water partition coefficient (Wildman–Crippen LogP) is 2.98. The number of sulfonamides is 1. The molecule has 1 fully saturated rings. The summed E-state index contributed by atoms with van der Waals surface area (Å²) in [6.07, 6.45) is 0. The van der Waals surface area contributed by atoms with Crippen LogP contribution >= 0.6 is 0 Å². The normalized spacial score (nSPS) is 21.3. The van der Waals surface area contributed by atoms with Gasteiger partial charge in [0.2, 0.25) is 15.9 Å². The zero-order valence-corrected chi connectivity index (χ0v) is 18.9. The Bertz CT molecular complexity index is 1020. The van der Waals surface area contributed by atoms with Gasteiger partial charge < -0.3 is 5.32 Å². The number of hydrogen-bond acceptors (Lipinski definition) is 5. The van der Waals surface area contributed by atoms with Crippen molar-refractivity contribution >= 4 is 27.3 Å². The lowest BCUT2D eigenvalue weighted by Crippen LogP contribution is -2.49. The van der Waals surface area contributed by atoms with Gasteiger partial charge in [-0.1, -0.05) is 32.0 Å². The van der Waals surface area contributed by atoms with E-state index in [2.05, 4.69) is 30.0 Å². The summed E-state index contributed by atoms with van der Waals surface area (Å²) in [5.74, 6) is -0.753. The van der Waals surface area contributed by atoms with Gasteiger partial charge >= 0.3 is 0 Å². The highest BCUT2D eigenvalue weighted by atomic mass is 32.2. The molecule has 9 heteroatoms. The van der Waals surface area contributed by atoms with Gasteiger partial charge in [0.1, 0.15) is 17.6 Å². The smallest absolute Gasteiger partial charge is 0.245 e. The van der Waals surface area contributed by atoms with E-state index < -0.39 is 33.5 Å². The first kappa shape index (κ1) is 23.2. The van der Waals surface area contributed by atoms with Crippen LogP contribution in [0.1, 0.15) is 39.2 Å². The molecule has 0 aliphatic carbocycles. The Morgan fingerprint density at radius 1 is 1.10 bits per heavy atom. The molecule has 2 aromatic carbocycles. The molecule has 7 nitrogen and oxygen atoms in total. The lowest BCUT2D eigenvalue weighted by molar-refractivity contribution is -0.114. The highest BCUT2D eigenvalue weighted by Gasteiger charge is 2.44. The van der Waals surface area contributed by atoms with Crippen LogP contribution in [0.15, 0.2) is 48.5 Å². The molecule has 1 amide bonds. The second-order valence-electron chi connectivity index (χ2n) is 8.19. The van der Waals surface area contributed by atoms with E-state index in [1.165, 1.54) is 18.2 Å². The van der Waals surface area contributed by atoms with Crippen molar-refractivity contribution in [3.63, 3.8) is 0 Å². The molecule has 1 aliphatic rings. The quantitative estimate of drug-likeness (QED) is 0.606. The third kappa shape index (κ3) is 5.23. The van der Waals surface area contributed by atoms with E-state index in [-0.39, 0.29) is 17.8 Å². The van der Waals surface area contributed by atoms with Gasteiger partial charge in [0.05, 0.1) is 5.69 Å². The lowest BCUT2D eigenvalue weighted by Gasteiger charge is -2.30. The van der Waals surface area contributed by atoms with E-state index in [0.29, 0.717) is 11.6 Å². The zero-order valence-electron chi connectivity index (χ0n) is 18.1. The van der Waals surface area contributed by atoms with Gasteiger partial charge in [-0.05, 0) is 55.7 Å². The molecule has 3 N–H and O–H groups in total. The van der Waals surface area contributed by atoms with Crippen LogP contribution in [0.3, 0.4) is 0 Å². The number of anilines is 2. The Labute approximate surface area is 183 Å². The lowest BCUT2D eigenvalue weighted by atomic mass is 10.0. The minimum absolute atomic E-state index is 0.267. The first-order valence-electron chi connectivity index (χ1n) is 10.3. The maximum absolute atomic E-state index is 13.6. The topological polar surface area (TPSA) is 90.5 Å². The Morgan fingerprint density at radius 2 is 1.71 bits per heavy atom. The maximum Gasteiger partial charge on any atom is 0.245 e. The molecule has 31 heavy (non-hydrogen) atoms. The third-order valence-corrected chi connectivity index (χ3v) is 7.88. The van der Waals surface area contributed by atoms with Crippen molar-refractivity contribution in [2.75, 3.05) is 16.2 Å². The fourth-order valence-corrected chi connectivity index (χ4v) is 5.95. The fourth-order valence-electron chi connectivity index (χ4n) is 3.77. The molecule has 1 aliphatic heterocycles. The van der Waals surface area contributed by atoms with E-state index in [9.17, 15) is 17.6 Å². The largest absolute Gasteiger partial charge is 0.324 e. The van der Waals surface area contributed by atoms with Crippen molar-refractivity contribution in [3.05, 3.63) is 59.9 Å². The van der Waals surface area contributed by atoms with E-state index in [1.54, 1.807) is 32.0 Å². The number of nitrogens with zero attached hydrogens (tertiary/aromatic N) is 1. The maximum atomic E-state index is 13.6. The third-order valence-electron chi connectivity index (χ3n) is 5.42. The molecule has 2 atom stereocenters. The molecule has 0 saturated carbocycles. The van der Waals surface area contributed by atoms with Gasteiger partial charge in [-0.15, -0.1) is 0 Å². The van der Waals surface area contributed by atoms with Crippen LogP contribution in [-0.4, -0.2) is 38.2 Å². The minimum atomic E-state index is -3.91. The van der Waals surface area contributed by atoms with E-state index in [1.807, 2.05) is 12.1 Å². The molecule has 2 unspecified atom stereocenters. The van der Waals surface area contributed by atoms with Crippen LogP contribution in [0.2, 0.25) is 0 Å². The first-order chi connectivity index (χ1) is 14.6. The predicted molar refractivity (Wildman–Crippen MR) is 121 cm³/mol. The van der Waals surface area contributed by atoms with Gasteiger partial charge in [0, 0.05) is 17.8 Å². The van der Waals surface area contributed by atoms with Crippen molar-refractivity contribution in [1.82, 2.24) is 10.9 Å². The summed E-state index contributed by atoms with van der Waals surface area (Å²) in [5.41, 5.74) is 7.65. The highest BCUT2D eigenvalue weighted by Crippen LogP contribution is 2.27. The van der Waals surface area contributed by atoms with Gasteiger partial charge in [-0.2, -0.15) is 0 Å². The second-order valence-corrected chi connectivity index (χ2v) is 10.2. The summed E-state index contributed by atoms with van der Waals surface area (Å²) in [7, 11) is -3.91. The van der Waals surface area contributed by atoms with Gasteiger partial charge in [0.25, 0.3) is 0 Å². The molecule has 0 spiro atoms.